The first-order chi connectivity index (χ1) is 12.3. The van der Waals surface area contributed by atoms with Crippen molar-refractivity contribution in [3.8, 4) is 5.75 Å². The van der Waals surface area contributed by atoms with Gasteiger partial charge in [0.25, 0.3) is 0 Å². The Kier molecular flexibility index (Phi) is 6.89. The van der Waals surface area contributed by atoms with Crippen LogP contribution in [0, 0.1) is 6.92 Å². The molecule has 7 heteroatoms. The molecule has 2 N–H and O–H groups in total. The van der Waals surface area contributed by atoms with Gasteiger partial charge in [0.2, 0.25) is 0 Å². The fourth-order valence-corrected chi connectivity index (χ4v) is 2.76. The molecule has 0 fully saturated rings. The summed E-state index contributed by atoms with van der Waals surface area (Å²) in [7, 11) is 0. The summed E-state index contributed by atoms with van der Waals surface area (Å²) < 4.78 is 5.60. The van der Waals surface area contributed by atoms with Gasteiger partial charge in [-0.15, -0.1) is 0 Å². The Hall–Kier alpha value is -2.24. The maximum absolute atomic E-state index is 12.2. The predicted octanol–water partition coefficient (Wildman–Crippen LogP) is 4.52. The van der Waals surface area contributed by atoms with Crippen LogP contribution in [0.2, 0.25) is 10.0 Å². The van der Waals surface area contributed by atoms with Gasteiger partial charge in [-0.25, -0.2) is 0 Å². The van der Waals surface area contributed by atoms with Crippen molar-refractivity contribution in [1.82, 2.24) is 5.32 Å². The number of rotatable bonds is 5. The molecule has 0 radical (unpaired) electrons. The van der Waals surface area contributed by atoms with Crippen molar-refractivity contribution >= 4 is 40.7 Å². The highest BCUT2D eigenvalue weighted by molar-refractivity contribution is 6.45. The van der Waals surface area contributed by atoms with Crippen LogP contribution >= 0.6 is 23.2 Å². The number of carbonyl (C=O) groups is 2. The smallest absolute Gasteiger partial charge is 0.313 e. The maximum atomic E-state index is 12.2. The minimum atomic E-state index is -0.827. The van der Waals surface area contributed by atoms with Crippen LogP contribution < -0.4 is 15.4 Å². The average Bonchev–Trinajstić information content (AvgIpc) is 2.60. The van der Waals surface area contributed by atoms with Gasteiger partial charge in [0.15, 0.2) is 0 Å². The van der Waals surface area contributed by atoms with Gasteiger partial charge in [-0.1, -0.05) is 47.0 Å². The third kappa shape index (κ3) is 4.90. The van der Waals surface area contributed by atoms with Gasteiger partial charge in [0.05, 0.1) is 28.4 Å². The molecule has 2 rings (SSSR count). The Morgan fingerprint density at radius 3 is 2.58 bits per heavy atom. The number of halogens is 2. The second-order valence-corrected chi connectivity index (χ2v) is 6.51. The van der Waals surface area contributed by atoms with E-state index in [0.29, 0.717) is 17.4 Å². The predicted molar refractivity (Wildman–Crippen MR) is 104 cm³/mol. The van der Waals surface area contributed by atoms with Crippen LogP contribution in [-0.4, -0.2) is 18.4 Å². The summed E-state index contributed by atoms with van der Waals surface area (Å²) in [6.45, 7) is 6.12. The summed E-state index contributed by atoms with van der Waals surface area (Å²) in [5.41, 5.74) is 2.10. The summed E-state index contributed by atoms with van der Waals surface area (Å²) in [6, 6.07) is 10.1. The Labute approximate surface area is 162 Å². The standard InChI is InChI=1S/C19H20Cl2N2O3/c1-4-26-16-9-8-11(2)10-13(16)12(3)22-18(24)19(25)23-15-7-5-6-14(20)17(15)21/h5-10,12H,4H2,1-3H3,(H,22,24)(H,23,25). The lowest BCUT2D eigenvalue weighted by Gasteiger charge is -2.18. The molecule has 0 heterocycles. The van der Waals surface area contributed by atoms with Crippen LogP contribution in [0.15, 0.2) is 36.4 Å². The molecule has 0 aliphatic heterocycles. The Morgan fingerprint density at radius 2 is 1.88 bits per heavy atom. The summed E-state index contributed by atoms with van der Waals surface area (Å²) in [5, 5.41) is 5.60. The van der Waals surface area contributed by atoms with E-state index in [-0.39, 0.29) is 10.7 Å². The van der Waals surface area contributed by atoms with Gasteiger partial charge in [0, 0.05) is 5.56 Å². The monoisotopic (exact) mass is 394 g/mol. The zero-order valence-electron chi connectivity index (χ0n) is 14.7. The number of hydrogen-bond donors (Lipinski definition) is 2. The number of ether oxygens (including phenoxy) is 1. The van der Waals surface area contributed by atoms with Crippen LogP contribution in [0.25, 0.3) is 0 Å². The molecule has 2 aromatic carbocycles. The molecule has 0 saturated heterocycles. The van der Waals surface area contributed by atoms with E-state index in [4.69, 9.17) is 27.9 Å². The van der Waals surface area contributed by atoms with Crippen LogP contribution in [0.3, 0.4) is 0 Å². The number of anilines is 1. The minimum Gasteiger partial charge on any atom is -0.494 e. The van der Waals surface area contributed by atoms with Crippen LogP contribution in [0.1, 0.15) is 31.0 Å². The molecule has 0 saturated carbocycles. The molecular weight excluding hydrogens is 375 g/mol. The molecular formula is C19H20Cl2N2O3. The van der Waals surface area contributed by atoms with Crippen molar-refractivity contribution in [3.05, 3.63) is 57.6 Å². The van der Waals surface area contributed by atoms with Crippen LogP contribution in [-0.2, 0) is 9.59 Å². The number of amides is 2. The van der Waals surface area contributed by atoms with Gasteiger partial charge in [-0.05, 0) is 39.0 Å². The van der Waals surface area contributed by atoms with E-state index in [1.54, 1.807) is 25.1 Å². The van der Waals surface area contributed by atoms with E-state index in [1.807, 2.05) is 32.0 Å². The van der Waals surface area contributed by atoms with Gasteiger partial charge >= 0.3 is 11.8 Å². The van der Waals surface area contributed by atoms with Crippen molar-refractivity contribution in [3.63, 3.8) is 0 Å². The first-order valence-corrected chi connectivity index (χ1v) is 8.88. The van der Waals surface area contributed by atoms with Crippen molar-refractivity contribution in [2.24, 2.45) is 0 Å². The molecule has 0 bridgehead atoms. The summed E-state index contributed by atoms with van der Waals surface area (Å²) in [6.07, 6.45) is 0. The highest BCUT2D eigenvalue weighted by Crippen LogP contribution is 2.30. The number of aryl methyl sites for hydroxylation is 1. The second kappa shape index (κ2) is 8.92. The number of nitrogens with one attached hydrogen (secondary N) is 2. The van der Waals surface area contributed by atoms with Gasteiger partial charge in [0.1, 0.15) is 5.75 Å². The molecule has 2 amide bonds. The number of benzene rings is 2. The molecule has 2 aromatic rings. The van der Waals surface area contributed by atoms with Crippen LogP contribution in [0.5, 0.6) is 5.75 Å². The van der Waals surface area contributed by atoms with Crippen LogP contribution in [0.4, 0.5) is 5.69 Å². The molecule has 26 heavy (non-hydrogen) atoms. The average molecular weight is 395 g/mol. The molecule has 138 valence electrons. The Morgan fingerprint density at radius 1 is 1.15 bits per heavy atom. The van der Waals surface area contributed by atoms with E-state index in [1.165, 1.54) is 0 Å². The highest BCUT2D eigenvalue weighted by atomic mass is 35.5. The van der Waals surface area contributed by atoms with E-state index in [9.17, 15) is 9.59 Å². The largest absolute Gasteiger partial charge is 0.494 e. The normalized spacial score (nSPS) is 11.6. The second-order valence-electron chi connectivity index (χ2n) is 5.72. The lowest BCUT2D eigenvalue weighted by atomic mass is 10.0. The van der Waals surface area contributed by atoms with Crippen molar-refractivity contribution < 1.29 is 14.3 Å². The third-order valence-electron chi connectivity index (χ3n) is 3.69. The van der Waals surface area contributed by atoms with E-state index in [0.717, 1.165) is 11.1 Å². The Bertz CT molecular complexity index is 824. The molecule has 0 spiro atoms. The van der Waals surface area contributed by atoms with Gasteiger partial charge in [-0.2, -0.15) is 0 Å². The molecule has 1 unspecified atom stereocenters. The number of hydrogen-bond acceptors (Lipinski definition) is 3. The maximum Gasteiger partial charge on any atom is 0.313 e. The summed E-state index contributed by atoms with van der Waals surface area (Å²) >= 11 is 11.9. The lowest BCUT2D eigenvalue weighted by Crippen LogP contribution is -2.37. The topological polar surface area (TPSA) is 67.4 Å². The zero-order chi connectivity index (χ0) is 19.3. The fourth-order valence-electron chi connectivity index (χ4n) is 2.41. The van der Waals surface area contributed by atoms with Crippen molar-refractivity contribution in [2.45, 2.75) is 26.8 Å². The van der Waals surface area contributed by atoms with E-state index in [2.05, 4.69) is 10.6 Å². The quantitative estimate of drug-likeness (QED) is 0.732. The zero-order valence-corrected chi connectivity index (χ0v) is 16.2. The van der Waals surface area contributed by atoms with E-state index < -0.39 is 17.9 Å². The first kappa shape index (κ1) is 20.1. The van der Waals surface area contributed by atoms with Crippen molar-refractivity contribution in [1.29, 1.82) is 0 Å². The number of carbonyl (C=O) groups excluding carboxylic acids is 2. The van der Waals surface area contributed by atoms with Gasteiger partial charge < -0.3 is 15.4 Å². The molecule has 0 aromatic heterocycles. The van der Waals surface area contributed by atoms with Gasteiger partial charge in [-0.3, -0.25) is 9.59 Å². The SMILES string of the molecule is CCOc1ccc(C)cc1C(C)NC(=O)C(=O)Nc1cccc(Cl)c1Cl. The highest BCUT2D eigenvalue weighted by Gasteiger charge is 2.20. The fraction of sp³-hybridized carbons (Fsp3) is 0.263. The lowest BCUT2D eigenvalue weighted by molar-refractivity contribution is -0.136. The molecule has 0 aliphatic rings. The van der Waals surface area contributed by atoms with E-state index >= 15 is 0 Å². The van der Waals surface area contributed by atoms with Crippen molar-refractivity contribution in [2.75, 3.05) is 11.9 Å². The molecule has 0 aliphatic carbocycles. The first-order valence-electron chi connectivity index (χ1n) is 8.12. The molecule has 1 atom stereocenters. The summed E-state index contributed by atoms with van der Waals surface area (Å²) in [4.78, 5) is 24.4. The minimum absolute atomic E-state index is 0.181. The molecule has 5 nitrogen and oxygen atoms in total. The third-order valence-corrected chi connectivity index (χ3v) is 4.50. The Balaban J connectivity index is 2.10. The summed E-state index contributed by atoms with van der Waals surface area (Å²) in [5.74, 6) is -0.937.